The minimum Gasteiger partial charge on any atom is -0.488 e. The molecule has 1 N–H and O–H groups in total. The Kier molecular flexibility index (Phi) is 4.48. The number of benzene rings is 1. The van der Waals surface area contributed by atoms with E-state index in [1.807, 2.05) is 18.0 Å². The van der Waals surface area contributed by atoms with Gasteiger partial charge in [0.05, 0.1) is 10.5 Å². The van der Waals surface area contributed by atoms with E-state index in [0.29, 0.717) is 24.2 Å². The lowest BCUT2D eigenvalue weighted by Crippen LogP contribution is -2.40. The van der Waals surface area contributed by atoms with Gasteiger partial charge >= 0.3 is 0 Å². The number of likely N-dealkylation sites (tertiary alicyclic amines) is 1. The number of hydrogen-bond donors (Lipinski definition) is 1. The van der Waals surface area contributed by atoms with Crippen molar-refractivity contribution in [3.63, 3.8) is 0 Å². The van der Waals surface area contributed by atoms with Gasteiger partial charge in [0.15, 0.2) is 0 Å². The molecule has 1 saturated heterocycles. The zero-order valence-corrected chi connectivity index (χ0v) is 14.0. The van der Waals surface area contributed by atoms with Gasteiger partial charge in [-0.3, -0.25) is 4.79 Å². The molecule has 1 aromatic carbocycles. The number of rotatable bonds is 3. The van der Waals surface area contributed by atoms with Gasteiger partial charge in [-0.1, -0.05) is 18.5 Å². The minimum absolute atomic E-state index is 0.0252. The second-order valence-corrected chi connectivity index (χ2v) is 6.29. The highest BCUT2D eigenvalue weighted by Crippen LogP contribution is 2.37. The number of H-pyrrole nitrogens is 1. The van der Waals surface area contributed by atoms with E-state index in [2.05, 4.69) is 4.98 Å². The Bertz CT molecular complexity index is 736. The number of nitrogens with one attached hydrogen (secondary N) is 1. The number of fused-ring (bicyclic) bond motifs is 1. The van der Waals surface area contributed by atoms with Crippen LogP contribution in [0.15, 0.2) is 12.3 Å². The fourth-order valence-electron chi connectivity index (χ4n) is 3.12. The molecule has 124 valence electrons. The third kappa shape index (κ3) is 3.02. The third-order valence-electron chi connectivity index (χ3n) is 4.46. The first-order valence-corrected chi connectivity index (χ1v) is 8.29. The van der Waals surface area contributed by atoms with Crippen molar-refractivity contribution < 1.29 is 13.9 Å². The molecule has 0 aliphatic carbocycles. The number of aryl methyl sites for hydroxylation is 1. The topological polar surface area (TPSA) is 45.3 Å². The van der Waals surface area contributed by atoms with Crippen LogP contribution in [-0.2, 0) is 11.2 Å². The lowest BCUT2D eigenvalue weighted by atomic mass is 10.1. The molecule has 0 spiro atoms. The molecule has 0 atom stereocenters. The third-order valence-corrected chi connectivity index (χ3v) is 4.83. The molecule has 4 nitrogen and oxygen atoms in total. The molecule has 2 aromatic rings. The quantitative estimate of drug-likeness (QED) is 0.922. The summed E-state index contributed by atoms with van der Waals surface area (Å²) >= 11 is 6.13. The van der Waals surface area contributed by atoms with Crippen molar-refractivity contribution in [1.29, 1.82) is 0 Å². The second-order valence-electron chi connectivity index (χ2n) is 5.91. The van der Waals surface area contributed by atoms with Crippen LogP contribution in [0.2, 0.25) is 5.02 Å². The van der Waals surface area contributed by atoms with Gasteiger partial charge in [0, 0.05) is 50.5 Å². The molecule has 6 heteroatoms. The van der Waals surface area contributed by atoms with Gasteiger partial charge in [-0.25, -0.2) is 4.39 Å². The lowest BCUT2D eigenvalue weighted by molar-refractivity contribution is -0.130. The van der Waals surface area contributed by atoms with Crippen LogP contribution in [-0.4, -0.2) is 35.0 Å². The van der Waals surface area contributed by atoms with Crippen LogP contribution < -0.4 is 4.74 Å². The lowest BCUT2D eigenvalue weighted by Gasteiger charge is -2.31. The molecule has 23 heavy (non-hydrogen) atoms. The molecule has 0 bridgehead atoms. The number of nitrogens with zero attached hydrogens (tertiary/aromatic N) is 1. The highest BCUT2D eigenvalue weighted by Gasteiger charge is 2.24. The number of aromatic nitrogens is 1. The molecule has 0 unspecified atom stereocenters. The summed E-state index contributed by atoms with van der Waals surface area (Å²) in [5.41, 5.74) is 1.71. The Morgan fingerprint density at radius 1 is 1.48 bits per heavy atom. The normalized spacial score (nSPS) is 16.1. The van der Waals surface area contributed by atoms with E-state index in [1.165, 1.54) is 6.07 Å². The average Bonchev–Trinajstić information content (AvgIpc) is 2.97. The van der Waals surface area contributed by atoms with Gasteiger partial charge in [0.1, 0.15) is 17.7 Å². The fraction of sp³-hybridized carbons (Fsp3) is 0.471. The molecule has 1 amide bonds. The summed E-state index contributed by atoms with van der Waals surface area (Å²) in [6.07, 6.45) is 4.07. The van der Waals surface area contributed by atoms with Crippen LogP contribution in [0.5, 0.6) is 5.75 Å². The van der Waals surface area contributed by atoms with Gasteiger partial charge < -0.3 is 14.6 Å². The maximum absolute atomic E-state index is 14.1. The number of carbonyl (C=O) groups is 1. The van der Waals surface area contributed by atoms with Crippen LogP contribution in [0.4, 0.5) is 4.39 Å². The monoisotopic (exact) mass is 338 g/mol. The summed E-state index contributed by atoms with van der Waals surface area (Å²) in [5, 5.41) is 0.835. The summed E-state index contributed by atoms with van der Waals surface area (Å²) in [6, 6.07) is 1.35. The first kappa shape index (κ1) is 16.1. The molecule has 1 fully saturated rings. The van der Waals surface area contributed by atoms with Gasteiger partial charge in [-0.15, -0.1) is 0 Å². The first-order chi connectivity index (χ1) is 11.0. The van der Waals surface area contributed by atoms with E-state index >= 15 is 0 Å². The fourth-order valence-corrected chi connectivity index (χ4v) is 3.39. The molecule has 0 radical (unpaired) electrons. The molecular weight excluding hydrogens is 319 g/mol. The van der Waals surface area contributed by atoms with Crippen molar-refractivity contribution in [3.8, 4) is 5.75 Å². The van der Waals surface area contributed by atoms with Crippen LogP contribution in [0, 0.1) is 5.82 Å². The zero-order chi connectivity index (χ0) is 16.6. The van der Waals surface area contributed by atoms with Crippen molar-refractivity contribution >= 4 is 28.4 Å². The Labute approximate surface area is 139 Å². The number of aromatic amines is 1. The Hall–Kier alpha value is -1.75. The summed E-state index contributed by atoms with van der Waals surface area (Å²) in [4.78, 5) is 16.3. The second kappa shape index (κ2) is 6.40. The summed E-state index contributed by atoms with van der Waals surface area (Å²) < 4.78 is 20.2. The Morgan fingerprint density at radius 3 is 2.78 bits per heavy atom. The summed E-state index contributed by atoms with van der Waals surface area (Å²) in [5.74, 6) is 0.104. The molecule has 1 aromatic heterocycles. The van der Waals surface area contributed by atoms with Crippen LogP contribution in [0.1, 0.15) is 32.3 Å². The van der Waals surface area contributed by atoms with E-state index in [4.69, 9.17) is 16.3 Å². The Morgan fingerprint density at radius 2 is 2.17 bits per heavy atom. The van der Waals surface area contributed by atoms with E-state index in [-0.39, 0.29) is 17.0 Å². The number of halogens is 2. The van der Waals surface area contributed by atoms with E-state index < -0.39 is 5.82 Å². The number of piperidine rings is 1. The van der Waals surface area contributed by atoms with Crippen molar-refractivity contribution in [3.05, 3.63) is 28.7 Å². The number of amides is 1. The predicted octanol–water partition coefficient (Wildman–Crippen LogP) is 3.91. The smallest absolute Gasteiger partial charge is 0.219 e. The van der Waals surface area contributed by atoms with E-state index in [1.54, 1.807) is 6.92 Å². The molecule has 2 heterocycles. The number of hydrogen-bond acceptors (Lipinski definition) is 2. The van der Waals surface area contributed by atoms with Crippen LogP contribution in [0.3, 0.4) is 0 Å². The van der Waals surface area contributed by atoms with Gasteiger partial charge in [-0.2, -0.15) is 0 Å². The highest BCUT2D eigenvalue weighted by atomic mass is 35.5. The van der Waals surface area contributed by atoms with Gasteiger partial charge in [0.2, 0.25) is 5.91 Å². The molecular formula is C17H20ClFN2O2. The summed E-state index contributed by atoms with van der Waals surface area (Å²) in [7, 11) is 0. The van der Waals surface area contributed by atoms with Crippen molar-refractivity contribution in [1.82, 2.24) is 9.88 Å². The minimum atomic E-state index is -0.468. The van der Waals surface area contributed by atoms with Gasteiger partial charge in [0.25, 0.3) is 0 Å². The number of carbonyl (C=O) groups excluding carboxylic acids is 1. The molecule has 0 saturated carbocycles. The predicted molar refractivity (Wildman–Crippen MR) is 88.5 cm³/mol. The maximum atomic E-state index is 14.1. The van der Waals surface area contributed by atoms with Gasteiger partial charge in [-0.05, 0) is 12.0 Å². The number of ether oxygens (including phenoxy) is 1. The summed E-state index contributed by atoms with van der Waals surface area (Å²) in [6.45, 7) is 4.92. The SMILES string of the molecule is CCc1c[nH]c2c(OC3CCN(C(C)=O)CC3)cc(F)c(Cl)c12. The highest BCUT2D eigenvalue weighted by molar-refractivity contribution is 6.36. The van der Waals surface area contributed by atoms with Crippen molar-refractivity contribution in [2.24, 2.45) is 0 Å². The van der Waals surface area contributed by atoms with E-state index in [0.717, 1.165) is 30.3 Å². The average molecular weight is 339 g/mol. The Balaban J connectivity index is 1.85. The molecule has 1 aliphatic heterocycles. The largest absolute Gasteiger partial charge is 0.488 e. The van der Waals surface area contributed by atoms with Crippen molar-refractivity contribution in [2.45, 2.75) is 39.2 Å². The van der Waals surface area contributed by atoms with Crippen LogP contribution >= 0.6 is 11.6 Å². The van der Waals surface area contributed by atoms with Crippen molar-refractivity contribution in [2.75, 3.05) is 13.1 Å². The molecule has 1 aliphatic rings. The maximum Gasteiger partial charge on any atom is 0.219 e. The van der Waals surface area contributed by atoms with E-state index in [9.17, 15) is 9.18 Å². The zero-order valence-electron chi connectivity index (χ0n) is 13.3. The standard InChI is InChI=1S/C17H20ClFN2O2/c1-3-11-9-20-17-14(8-13(19)16(18)15(11)17)23-12-4-6-21(7-5-12)10(2)22/h8-9,12,20H,3-7H2,1-2H3. The molecule has 3 rings (SSSR count). The van der Waals surface area contributed by atoms with Crippen LogP contribution in [0.25, 0.3) is 10.9 Å². The first-order valence-electron chi connectivity index (χ1n) is 7.91.